The highest BCUT2D eigenvalue weighted by Crippen LogP contribution is 2.33. The minimum Gasteiger partial charge on any atom is -0.438 e. The Labute approximate surface area is 206 Å². The van der Waals surface area contributed by atoms with E-state index in [2.05, 4.69) is 22.8 Å². The number of benzene rings is 2. The Morgan fingerprint density at radius 3 is 2.71 bits per heavy atom. The first kappa shape index (κ1) is 23.3. The van der Waals surface area contributed by atoms with Gasteiger partial charge in [-0.1, -0.05) is 19.1 Å². The number of nitrogens with zero attached hydrogens (tertiary/aromatic N) is 5. The van der Waals surface area contributed by atoms with E-state index >= 15 is 0 Å². The maximum Gasteiger partial charge on any atom is 0.228 e. The Morgan fingerprint density at radius 2 is 1.94 bits per heavy atom. The van der Waals surface area contributed by atoms with Crippen molar-refractivity contribution < 1.29 is 9.13 Å². The van der Waals surface area contributed by atoms with Crippen LogP contribution in [-0.4, -0.2) is 34.5 Å². The normalized spacial score (nSPS) is 16.6. The van der Waals surface area contributed by atoms with Gasteiger partial charge in [0.1, 0.15) is 11.6 Å². The first-order valence-corrected chi connectivity index (χ1v) is 12.3. The van der Waals surface area contributed by atoms with Gasteiger partial charge >= 0.3 is 0 Å². The van der Waals surface area contributed by atoms with Crippen LogP contribution in [-0.2, 0) is 19.5 Å². The van der Waals surface area contributed by atoms with Gasteiger partial charge in [0.15, 0.2) is 0 Å². The van der Waals surface area contributed by atoms with E-state index in [-0.39, 0.29) is 5.82 Å². The summed E-state index contributed by atoms with van der Waals surface area (Å²) in [4.78, 5) is 14.4. The monoisotopic (exact) mass is 471 g/mol. The molecule has 180 valence electrons. The van der Waals surface area contributed by atoms with Crippen LogP contribution >= 0.6 is 0 Å². The van der Waals surface area contributed by atoms with E-state index in [1.807, 2.05) is 24.3 Å². The molecule has 5 rings (SSSR count). The quantitative estimate of drug-likeness (QED) is 0.498. The number of ether oxygens (including phenoxy) is 1. The van der Waals surface area contributed by atoms with E-state index in [1.165, 1.54) is 6.07 Å². The van der Waals surface area contributed by atoms with Gasteiger partial charge in [-0.15, -0.1) is 0 Å². The highest BCUT2D eigenvalue weighted by Gasteiger charge is 2.27. The largest absolute Gasteiger partial charge is 0.438 e. The minimum atomic E-state index is -0.254. The van der Waals surface area contributed by atoms with Crippen LogP contribution in [0.1, 0.15) is 47.7 Å². The van der Waals surface area contributed by atoms with Crippen LogP contribution in [0.15, 0.2) is 42.5 Å². The van der Waals surface area contributed by atoms with E-state index in [0.717, 1.165) is 74.1 Å². The predicted molar refractivity (Wildman–Crippen MR) is 133 cm³/mol. The molecule has 0 N–H and O–H groups in total. The summed E-state index contributed by atoms with van der Waals surface area (Å²) in [5.41, 5.74) is 4.30. The molecule has 0 radical (unpaired) electrons. The van der Waals surface area contributed by atoms with Crippen molar-refractivity contribution in [3.8, 4) is 17.7 Å². The van der Waals surface area contributed by atoms with Crippen molar-refractivity contribution >= 4 is 5.95 Å². The molecular formula is C28H30FN5O. The summed E-state index contributed by atoms with van der Waals surface area (Å²) in [7, 11) is 0. The van der Waals surface area contributed by atoms with Crippen LogP contribution in [0, 0.1) is 30.0 Å². The van der Waals surface area contributed by atoms with Gasteiger partial charge in [-0.25, -0.2) is 9.37 Å². The maximum atomic E-state index is 13.8. The third-order valence-electron chi connectivity index (χ3n) is 6.96. The van der Waals surface area contributed by atoms with Crippen LogP contribution in [0.4, 0.5) is 10.3 Å². The van der Waals surface area contributed by atoms with E-state index in [4.69, 9.17) is 14.7 Å². The molecule has 0 saturated carbocycles. The molecule has 0 spiro atoms. The Kier molecular flexibility index (Phi) is 6.65. The molecule has 0 aliphatic carbocycles. The minimum absolute atomic E-state index is 0.254. The molecule has 0 atom stereocenters. The van der Waals surface area contributed by atoms with Crippen molar-refractivity contribution in [3.63, 3.8) is 0 Å². The van der Waals surface area contributed by atoms with Gasteiger partial charge in [-0.05, 0) is 67.1 Å². The third kappa shape index (κ3) is 5.28. The van der Waals surface area contributed by atoms with Crippen molar-refractivity contribution in [1.82, 2.24) is 14.9 Å². The van der Waals surface area contributed by atoms with Crippen molar-refractivity contribution in [2.24, 2.45) is 5.92 Å². The Balaban J connectivity index is 1.45. The number of anilines is 1. The molecule has 1 saturated heterocycles. The van der Waals surface area contributed by atoms with Crippen LogP contribution < -0.4 is 9.64 Å². The van der Waals surface area contributed by atoms with Gasteiger partial charge in [0.25, 0.3) is 0 Å². The lowest BCUT2D eigenvalue weighted by Crippen LogP contribution is -2.36. The Bertz CT molecular complexity index is 1260. The van der Waals surface area contributed by atoms with Crippen LogP contribution in [0.3, 0.4) is 0 Å². The van der Waals surface area contributed by atoms with Gasteiger partial charge < -0.3 is 9.64 Å². The van der Waals surface area contributed by atoms with Gasteiger partial charge in [-0.3, -0.25) is 4.90 Å². The Morgan fingerprint density at radius 1 is 1.11 bits per heavy atom. The van der Waals surface area contributed by atoms with Gasteiger partial charge in [-0.2, -0.15) is 10.2 Å². The van der Waals surface area contributed by atoms with Crippen LogP contribution in [0.5, 0.6) is 11.6 Å². The van der Waals surface area contributed by atoms with E-state index in [0.29, 0.717) is 29.3 Å². The molecule has 3 heterocycles. The number of nitriles is 1. The molecule has 1 aromatic heterocycles. The average molecular weight is 472 g/mol. The maximum absolute atomic E-state index is 13.8. The summed E-state index contributed by atoms with van der Waals surface area (Å²) in [6.45, 7) is 8.15. The number of aryl methyl sites for hydroxylation is 1. The summed E-state index contributed by atoms with van der Waals surface area (Å²) in [5.74, 6) is 2.30. The zero-order valence-electron chi connectivity index (χ0n) is 20.3. The zero-order chi connectivity index (χ0) is 24.4. The molecule has 0 amide bonds. The molecule has 2 aliphatic rings. The molecular weight excluding hydrogens is 441 g/mol. The molecule has 0 bridgehead atoms. The lowest BCUT2D eigenvalue weighted by Gasteiger charge is -2.33. The van der Waals surface area contributed by atoms with Crippen molar-refractivity contribution in [3.05, 3.63) is 76.2 Å². The number of fused-ring (bicyclic) bond motifs is 1. The standard InChI is InChI=1S/C28H30FN5O/c1-19-8-12-34(13-9-19)28-31-26-10-11-33(17-22-5-3-4-21(15-22)16-30)18-24(26)27(32-28)35-23-6-7-25(29)20(2)14-23/h3-7,14-15,19H,8-13,17-18H2,1-2H3. The SMILES string of the molecule is Cc1cc(Oc2nc(N3CCC(C)CC3)nc3c2CN(Cc2cccc(C#N)c2)CC3)ccc1F. The predicted octanol–water partition coefficient (Wildman–Crippen LogP) is 5.38. The van der Waals surface area contributed by atoms with E-state index < -0.39 is 0 Å². The Hall–Kier alpha value is -3.50. The number of halogens is 1. The average Bonchev–Trinajstić information content (AvgIpc) is 2.87. The van der Waals surface area contributed by atoms with Gasteiger partial charge in [0.05, 0.1) is 22.9 Å². The smallest absolute Gasteiger partial charge is 0.228 e. The molecule has 1 fully saturated rings. The second-order valence-corrected chi connectivity index (χ2v) is 9.71. The number of aromatic nitrogens is 2. The number of piperidine rings is 1. The fraction of sp³-hybridized carbons (Fsp3) is 0.393. The summed E-state index contributed by atoms with van der Waals surface area (Å²) in [6, 6.07) is 14.7. The van der Waals surface area contributed by atoms with Crippen molar-refractivity contribution in [1.29, 1.82) is 5.26 Å². The van der Waals surface area contributed by atoms with Crippen LogP contribution in [0.25, 0.3) is 0 Å². The second kappa shape index (κ2) is 10.0. The number of hydrogen-bond acceptors (Lipinski definition) is 6. The lowest BCUT2D eigenvalue weighted by atomic mass is 9.99. The fourth-order valence-corrected chi connectivity index (χ4v) is 4.79. The third-order valence-corrected chi connectivity index (χ3v) is 6.96. The molecule has 7 heteroatoms. The van der Waals surface area contributed by atoms with Gasteiger partial charge in [0.2, 0.25) is 11.8 Å². The first-order chi connectivity index (χ1) is 17.0. The summed E-state index contributed by atoms with van der Waals surface area (Å²) < 4.78 is 20.1. The lowest BCUT2D eigenvalue weighted by molar-refractivity contribution is 0.238. The molecule has 2 aromatic carbocycles. The summed E-state index contributed by atoms with van der Waals surface area (Å²) in [6.07, 6.45) is 3.05. The van der Waals surface area contributed by atoms with Gasteiger partial charge in [0, 0.05) is 39.1 Å². The van der Waals surface area contributed by atoms with E-state index in [1.54, 1.807) is 19.1 Å². The summed E-state index contributed by atoms with van der Waals surface area (Å²) >= 11 is 0. The number of rotatable bonds is 5. The highest BCUT2D eigenvalue weighted by molar-refractivity contribution is 5.44. The van der Waals surface area contributed by atoms with Crippen molar-refractivity contribution in [2.75, 3.05) is 24.5 Å². The molecule has 2 aliphatic heterocycles. The molecule has 0 unspecified atom stereocenters. The first-order valence-electron chi connectivity index (χ1n) is 12.3. The molecule has 3 aromatic rings. The fourth-order valence-electron chi connectivity index (χ4n) is 4.79. The second-order valence-electron chi connectivity index (χ2n) is 9.71. The van der Waals surface area contributed by atoms with Crippen molar-refractivity contribution in [2.45, 2.75) is 46.2 Å². The van der Waals surface area contributed by atoms with Crippen LogP contribution in [0.2, 0.25) is 0 Å². The topological polar surface area (TPSA) is 65.3 Å². The zero-order valence-corrected chi connectivity index (χ0v) is 20.3. The molecule has 35 heavy (non-hydrogen) atoms. The number of hydrogen-bond donors (Lipinski definition) is 0. The summed E-state index contributed by atoms with van der Waals surface area (Å²) in [5, 5.41) is 9.24. The molecule has 6 nitrogen and oxygen atoms in total. The van der Waals surface area contributed by atoms with E-state index in [9.17, 15) is 9.65 Å². The highest BCUT2D eigenvalue weighted by atomic mass is 19.1.